The Morgan fingerprint density at radius 1 is 1.79 bits per heavy atom. The first-order valence-corrected chi connectivity index (χ1v) is 5.69. The van der Waals surface area contributed by atoms with Crippen molar-refractivity contribution in [3.63, 3.8) is 0 Å². The van der Waals surface area contributed by atoms with E-state index in [2.05, 4.69) is 22.1 Å². The maximum atomic E-state index is 11.3. The summed E-state index contributed by atoms with van der Waals surface area (Å²) in [4.78, 5) is 12.7. The minimum atomic E-state index is 0.0987. The molecule has 1 aromatic heterocycles. The molecule has 0 radical (unpaired) electrons. The van der Waals surface area contributed by atoms with Gasteiger partial charge in [-0.15, -0.1) is 11.3 Å². The van der Waals surface area contributed by atoms with E-state index in [1.54, 1.807) is 18.4 Å². The molecule has 2 N–H and O–H groups in total. The third-order valence-corrected chi connectivity index (χ3v) is 3.56. The highest BCUT2D eigenvalue weighted by Crippen LogP contribution is 2.29. The first kappa shape index (κ1) is 9.68. The average molecular weight is 210 g/mol. The molecule has 76 valence electrons. The molecular weight excluding hydrogens is 196 g/mol. The molecule has 0 aliphatic carbocycles. The van der Waals surface area contributed by atoms with Crippen molar-refractivity contribution >= 4 is 17.2 Å². The maximum absolute atomic E-state index is 11.3. The molecule has 4 heteroatoms. The van der Waals surface area contributed by atoms with Gasteiger partial charge in [-0.2, -0.15) is 0 Å². The van der Waals surface area contributed by atoms with Crippen molar-refractivity contribution in [2.75, 3.05) is 13.6 Å². The second-order valence-electron chi connectivity index (χ2n) is 3.43. The van der Waals surface area contributed by atoms with Crippen molar-refractivity contribution in [1.29, 1.82) is 0 Å². The van der Waals surface area contributed by atoms with Gasteiger partial charge in [-0.3, -0.25) is 4.79 Å². The van der Waals surface area contributed by atoms with Crippen molar-refractivity contribution in [2.45, 2.75) is 18.9 Å². The van der Waals surface area contributed by atoms with Crippen molar-refractivity contribution in [3.05, 3.63) is 21.9 Å². The fourth-order valence-electron chi connectivity index (χ4n) is 1.80. The first-order chi connectivity index (χ1) is 6.81. The van der Waals surface area contributed by atoms with Gasteiger partial charge in [-0.1, -0.05) is 0 Å². The molecule has 14 heavy (non-hydrogen) atoms. The SMILES string of the molecule is CNC(=O)CC1NCCc2sccc21. The van der Waals surface area contributed by atoms with Crippen LogP contribution in [0.2, 0.25) is 0 Å². The van der Waals surface area contributed by atoms with Gasteiger partial charge in [0.05, 0.1) is 0 Å². The molecule has 0 fully saturated rings. The number of fused-ring (bicyclic) bond motifs is 1. The highest BCUT2D eigenvalue weighted by atomic mass is 32.1. The van der Waals surface area contributed by atoms with E-state index in [1.165, 1.54) is 10.4 Å². The summed E-state index contributed by atoms with van der Waals surface area (Å²) in [6.45, 7) is 0.981. The van der Waals surface area contributed by atoms with E-state index in [0.717, 1.165) is 13.0 Å². The van der Waals surface area contributed by atoms with Gasteiger partial charge in [0.1, 0.15) is 0 Å². The zero-order chi connectivity index (χ0) is 9.97. The van der Waals surface area contributed by atoms with Gasteiger partial charge in [0.15, 0.2) is 0 Å². The molecule has 0 saturated carbocycles. The lowest BCUT2D eigenvalue weighted by atomic mass is 9.99. The molecule has 2 heterocycles. The van der Waals surface area contributed by atoms with E-state index in [4.69, 9.17) is 0 Å². The quantitative estimate of drug-likeness (QED) is 0.766. The van der Waals surface area contributed by atoms with E-state index in [0.29, 0.717) is 6.42 Å². The molecule has 3 nitrogen and oxygen atoms in total. The van der Waals surface area contributed by atoms with Gasteiger partial charge in [0.25, 0.3) is 0 Å². The number of hydrogen-bond donors (Lipinski definition) is 2. The Kier molecular flexibility index (Phi) is 2.84. The van der Waals surface area contributed by atoms with Gasteiger partial charge in [-0.25, -0.2) is 0 Å². The summed E-state index contributed by atoms with van der Waals surface area (Å²) in [7, 11) is 1.68. The minimum absolute atomic E-state index is 0.0987. The lowest BCUT2D eigenvalue weighted by Crippen LogP contribution is -2.32. The highest BCUT2D eigenvalue weighted by molar-refractivity contribution is 7.10. The third kappa shape index (κ3) is 1.81. The van der Waals surface area contributed by atoms with E-state index in [9.17, 15) is 4.79 Å². The molecule has 1 aromatic rings. The summed E-state index contributed by atoms with van der Waals surface area (Å²) in [5, 5.41) is 8.14. The van der Waals surface area contributed by atoms with E-state index >= 15 is 0 Å². The van der Waals surface area contributed by atoms with Gasteiger partial charge in [0.2, 0.25) is 5.91 Å². The van der Waals surface area contributed by atoms with Crippen LogP contribution in [0.3, 0.4) is 0 Å². The van der Waals surface area contributed by atoms with Gasteiger partial charge < -0.3 is 10.6 Å². The molecule has 1 atom stereocenters. The lowest BCUT2D eigenvalue weighted by molar-refractivity contribution is -0.121. The molecule has 0 spiro atoms. The Bertz CT molecular complexity index is 335. The van der Waals surface area contributed by atoms with Crippen molar-refractivity contribution in [3.8, 4) is 0 Å². The summed E-state index contributed by atoms with van der Waals surface area (Å²) in [5.74, 6) is 0.0987. The number of nitrogens with one attached hydrogen (secondary N) is 2. The molecule has 0 saturated heterocycles. The first-order valence-electron chi connectivity index (χ1n) is 4.81. The third-order valence-electron chi connectivity index (χ3n) is 2.57. The van der Waals surface area contributed by atoms with E-state index in [1.807, 2.05) is 0 Å². The number of amides is 1. The fourth-order valence-corrected chi connectivity index (χ4v) is 2.75. The number of thiophene rings is 1. The standard InChI is InChI=1S/C10H14N2OS/c1-11-10(13)6-8-7-3-5-14-9(7)2-4-12-8/h3,5,8,12H,2,4,6H2,1H3,(H,11,13). The fraction of sp³-hybridized carbons (Fsp3) is 0.500. The summed E-state index contributed by atoms with van der Waals surface area (Å²) in [5.41, 5.74) is 1.31. The molecular formula is C10H14N2OS. The zero-order valence-electron chi connectivity index (χ0n) is 8.17. The second kappa shape index (κ2) is 4.11. The van der Waals surface area contributed by atoms with Crippen LogP contribution in [-0.4, -0.2) is 19.5 Å². The predicted octanol–water partition coefficient (Wildman–Crippen LogP) is 1.07. The van der Waals surface area contributed by atoms with Gasteiger partial charge >= 0.3 is 0 Å². The van der Waals surface area contributed by atoms with Crippen LogP contribution in [0, 0.1) is 0 Å². The number of carbonyl (C=O) groups excluding carboxylic acids is 1. The predicted molar refractivity (Wildman–Crippen MR) is 57.5 cm³/mol. The van der Waals surface area contributed by atoms with Gasteiger partial charge in [-0.05, 0) is 23.4 Å². The van der Waals surface area contributed by atoms with Crippen LogP contribution in [0.5, 0.6) is 0 Å². The average Bonchev–Trinajstić information content (AvgIpc) is 2.66. The Morgan fingerprint density at radius 3 is 3.43 bits per heavy atom. The number of hydrogen-bond acceptors (Lipinski definition) is 3. The Hall–Kier alpha value is -0.870. The van der Waals surface area contributed by atoms with Crippen LogP contribution >= 0.6 is 11.3 Å². The topological polar surface area (TPSA) is 41.1 Å². The lowest BCUT2D eigenvalue weighted by Gasteiger charge is -2.23. The molecule has 1 unspecified atom stereocenters. The van der Waals surface area contributed by atoms with Crippen molar-refractivity contribution in [1.82, 2.24) is 10.6 Å². The smallest absolute Gasteiger partial charge is 0.221 e. The van der Waals surface area contributed by atoms with Crippen LogP contribution in [0.4, 0.5) is 0 Å². The molecule has 1 aliphatic heterocycles. The van der Waals surface area contributed by atoms with Crippen LogP contribution in [-0.2, 0) is 11.2 Å². The molecule has 2 rings (SSSR count). The number of carbonyl (C=O) groups is 1. The molecule has 1 aliphatic rings. The summed E-state index contributed by atoms with van der Waals surface area (Å²) in [6, 6.07) is 2.34. The van der Waals surface area contributed by atoms with Crippen LogP contribution in [0.25, 0.3) is 0 Å². The van der Waals surface area contributed by atoms with Crippen molar-refractivity contribution < 1.29 is 4.79 Å². The Balaban J connectivity index is 2.12. The van der Waals surface area contributed by atoms with Gasteiger partial charge in [0, 0.05) is 30.9 Å². The van der Waals surface area contributed by atoms with Crippen LogP contribution in [0.1, 0.15) is 22.9 Å². The Labute approximate surface area is 87.5 Å². The Morgan fingerprint density at radius 2 is 2.64 bits per heavy atom. The summed E-state index contributed by atoms with van der Waals surface area (Å²) in [6.07, 6.45) is 1.64. The zero-order valence-corrected chi connectivity index (χ0v) is 8.99. The van der Waals surface area contributed by atoms with E-state index < -0.39 is 0 Å². The number of rotatable bonds is 2. The second-order valence-corrected chi connectivity index (χ2v) is 4.43. The molecule has 0 aromatic carbocycles. The maximum Gasteiger partial charge on any atom is 0.221 e. The largest absolute Gasteiger partial charge is 0.359 e. The normalized spacial score (nSPS) is 20.2. The monoisotopic (exact) mass is 210 g/mol. The van der Waals surface area contributed by atoms with E-state index in [-0.39, 0.29) is 11.9 Å². The van der Waals surface area contributed by atoms with Crippen molar-refractivity contribution in [2.24, 2.45) is 0 Å². The minimum Gasteiger partial charge on any atom is -0.359 e. The van der Waals surface area contributed by atoms with Crippen LogP contribution in [0.15, 0.2) is 11.4 Å². The molecule has 1 amide bonds. The highest BCUT2D eigenvalue weighted by Gasteiger charge is 2.22. The summed E-state index contributed by atoms with van der Waals surface area (Å²) < 4.78 is 0. The summed E-state index contributed by atoms with van der Waals surface area (Å²) >= 11 is 1.79. The van der Waals surface area contributed by atoms with Crippen LogP contribution < -0.4 is 10.6 Å². The molecule has 0 bridgehead atoms.